The fraction of sp³-hybridized carbons (Fsp3) is 0.143. The van der Waals surface area contributed by atoms with E-state index in [1.165, 1.54) is 28.8 Å². The number of halogens is 3. The van der Waals surface area contributed by atoms with Crippen LogP contribution in [0.1, 0.15) is 49.9 Å². The van der Waals surface area contributed by atoms with Gasteiger partial charge < -0.3 is 13.5 Å². The molecular weight excluding hydrogens is 756 g/mol. The Morgan fingerprint density at radius 1 is 0.569 bits per heavy atom. The van der Waals surface area contributed by atoms with Gasteiger partial charge in [0.15, 0.2) is 5.58 Å². The lowest BCUT2D eigenvalue weighted by Gasteiger charge is -2.27. The Bertz CT molecular complexity index is 3110. The molecule has 7 aromatic carbocycles. The monoisotopic (exact) mass is 791 g/mol. The van der Waals surface area contributed by atoms with Crippen molar-refractivity contribution in [1.29, 1.82) is 0 Å². The zero-order valence-electron chi connectivity index (χ0n) is 32.0. The number of furan rings is 1. The molecule has 0 saturated heterocycles. The maximum atomic E-state index is 13.9. The van der Waals surface area contributed by atoms with Gasteiger partial charge in [-0.15, -0.1) is 0 Å². The number of hydrogen-bond donors (Lipinski definition) is 0. The molecule has 288 valence electrons. The number of benzene rings is 7. The van der Waals surface area contributed by atoms with Crippen molar-refractivity contribution in [2.45, 2.75) is 44.0 Å². The van der Waals surface area contributed by atoms with Gasteiger partial charge in [-0.25, -0.2) is 0 Å². The first-order chi connectivity index (χ1) is 27.6. The molecular formula is C49H36F3NO4S. The summed E-state index contributed by atoms with van der Waals surface area (Å²) in [7, 11) is -6.03. The molecule has 9 heteroatoms. The average molecular weight is 792 g/mol. The second kappa shape index (κ2) is 12.3. The second-order valence-corrected chi connectivity index (χ2v) is 17.6. The van der Waals surface area contributed by atoms with E-state index < -0.39 is 21.4 Å². The van der Waals surface area contributed by atoms with Gasteiger partial charge in [0.05, 0.1) is 5.69 Å². The van der Waals surface area contributed by atoms with Crippen molar-refractivity contribution in [2.24, 2.45) is 0 Å². The van der Waals surface area contributed by atoms with Crippen LogP contribution in [0, 0.1) is 0 Å². The van der Waals surface area contributed by atoms with Gasteiger partial charge in [-0.2, -0.15) is 21.6 Å². The highest BCUT2D eigenvalue weighted by atomic mass is 32.2. The molecule has 0 spiro atoms. The van der Waals surface area contributed by atoms with E-state index >= 15 is 0 Å². The minimum Gasteiger partial charge on any atom is -0.454 e. The van der Waals surface area contributed by atoms with Crippen LogP contribution in [0.5, 0.6) is 5.75 Å². The second-order valence-electron chi connectivity index (χ2n) is 16.1. The fourth-order valence-corrected chi connectivity index (χ4v) is 9.68. The highest BCUT2D eigenvalue weighted by molar-refractivity contribution is 7.88. The van der Waals surface area contributed by atoms with Crippen LogP contribution in [0.15, 0.2) is 150 Å². The van der Waals surface area contributed by atoms with Crippen LogP contribution in [0.4, 0.5) is 30.2 Å². The van der Waals surface area contributed by atoms with Crippen LogP contribution in [0.2, 0.25) is 0 Å². The van der Waals surface area contributed by atoms with Crippen molar-refractivity contribution in [2.75, 3.05) is 4.90 Å². The summed E-state index contributed by atoms with van der Waals surface area (Å²) in [6, 6.07) is 46.8. The first-order valence-electron chi connectivity index (χ1n) is 19.0. The standard InChI is InChI=1S/C49H36F3NO4S/c1-47(2)39-18-10-8-15-34(39)36-26-31(22-23-41(36)47)53(30-13-6-5-7-14-30)43-28-32(57-58(54,55)49(50,51)52)27-38-37-25-29(21-24-44(37)56-46(38)43)33-17-12-20-42-45(33)35-16-9-11-19-40(35)48(42,3)4/h5-28H,1-4H3. The van der Waals surface area contributed by atoms with Crippen LogP contribution in [0.25, 0.3) is 55.3 Å². The van der Waals surface area contributed by atoms with Gasteiger partial charge in [0, 0.05) is 39.0 Å². The maximum absolute atomic E-state index is 13.9. The number of fused-ring (bicyclic) bond motifs is 9. The topological polar surface area (TPSA) is 59.8 Å². The molecule has 0 fully saturated rings. The number of anilines is 3. The lowest BCUT2D eigenvalue weighted by molar-refractivity contribution is -0.0500. The minimum atomic E-state index is -6.03. The van der Waals surface area contributed by atoms with Crippen LogP contribution in [-0.2, 0) is 20.9 Å². The van der Waals surface area contributed by atoms with E-state index in [9.17, 15) is 21.6 Å². The summed E-state index contributed by atoms with van der Waals surface area (Å²) in [5.74, 6) is -0.502. The lowest BCUT2D eigenvalue weighted by Crippen LogP contribution is -2.28. The van der Waals surface area contributed by atoms with Crippen LogP contribution < -0.4 is 9.08 Å². The van der Waals surface area contributed by atoms with Gasteiger partial charge in [0.2, 0.25) is 0 Å². The van der Waals surface area contributed by atoms with Crippen molar-refractivity contribution in [3.63, 3.8) is 0 Å². The Morgan fingerprint density at radius 2 is 1.19 bits per heavy atom. The molecule has 1 aromatic heterocycles. The molecule has 2 aliphatic carbocycles. The summed E-state index contributed by atoms with van der Waals surface area (Å²) in [6.45, 7) is 8.80. The first-order valence-corrected chi connectivity index (χ1v) is 20.4. The quantitative estimate of drug-likeness (QED) is 0.124. The van der Waals surface area contributed by atoms with Crippen molar-refractivity contribution in [3.05, 3.63) is 168 Å². The molecule has 10 rings (SSSR count). The predicted molar refractivity (Wildman–Crippen MR) is 225 cm³/mol. The smallest absolute Gasteiger partial charge is 0.454 e. The predicted octanol–water partition coefficient (Wildman–Crippen LogP) is 13.6. The van der Waals surface area contributed by atoms with E-state index in [1.54, 1.807) is 0 Å². The minimum absolute atomic E-state index is 0.226. The fourth-order valence-electron chi connectivity index (χ4n) is 9.24. The first kappa shape index (κ1) is 36.0. The summed E-state index contributed by atoms with van der Waals surface area (Å²) in [5, 5.41) is 0.980. The molecule has 5 nitrogen and oxygen atoms in total. The van der Waals surface area contributed by atoms with E-state index in [0.29, 0.717) is 39.0 Å². The zero-order chi connectivity index (χ0) is 40.4. The summed E-state index contributed by atoms with van der Waals surface area (Å²) < 4.78 is 78.5. The highest BCUT2D eigenvalue weighted by Crippen LogP contribution is 2.54. The number of para-hydroxylation sites is 1. The van der Waals surface area contributed by atoms with Crippen molar-refractivity contribution >= 4 is 49.1 Å². The normalized spacial score (nSPS) is 14.9. The number of hydrogen-bond acceptors (Lipinski definition) is 5. The van der Waals surface area contributed by atoms with Gasteiger partial charge in [0.25, 0.3) is 0 Å². The van der Waals surface area contributed by atoms with E-state index in [2.05, 4.69) is 76.2 Å². The zero-order valence-corrected chi connectivity index (χ0v) is 32.8. The molecule has 0 bridgehead atoms. The van der Waals surface area contributed by atoms with E-state index in [1.807, 2.05) is 89.8 Å². The molecule has 0 atom stereocenters. The van der Waals surface area contributed by atoms with Gasteiger partial charge >= 0.3 is 15.6 Å². The Labute approximate surface area is 334 Å². The maximum Gasteiger partial charge on any atom is 0.534 e. The van der Waals surface area contributed by atoms with Gasteiger partial charge in [-0.3, -0.25) is 0 Å². The molecule has 0 aliphatic heterocycles. The van der Waals surface area contributed by atoms with Gasteiger partial charge in [-0.05, 0) is 98.1 Å². The summed E-state index contributed by atoms with van der Waals surface area (Å²) in [5.41, 5.74) is 7.33. The third-order valence-corrected chi connectivity index (χ3v) is 13.0. The van der Waals surface area contributed by atoms with Crippen molar-refractivity contribution in [3.8, 4) is 39.1 Å². The van der Waals surface area contributed by atoms with Gasteiger partial charge in [0.1, 0.15) is 11.3 Å². The largest absolute Gasteiger partial charge is 0.534 e. The van der Waals surface area contributed by atoms with Crippen LogP contribution in [0.3, 0.4) is 0 Å². The van der Waals surface area contributed by atoms with E-state index in [-0.39, 0.29) is 10.8 Å². The SMILES string of the molecule is CC1(C)c2ccccc2-c2cc(N(c3ccccc3)c3cc(OS(=O)(=O)C(F)(F)F)cc4c3oc3ccc(-c5cccc6c5-c5ccccc5C6(C)C)cc34)ccc21. The van der Waals surface area contributed by atoms with Crippen LogP contribution in [-0.4, -0.2) is 13.9 Å². The summed E-state index contributed by atoms with van der Waals surface area (Å²) in [4.78, 5) is 1.87. The van der Waals surface area contributed by atoms with Crippen molar-refractivity contribution < 1.29 is 30.2 Å². The van der Waals surface area contributed by atoms with Crippen molar-refractivity contribution in [1.82, 2.24) is 0 Å². The average Bonchev–Trinajstić information content (AvgIpc) is 3.77. The Balaban J connectivity index is 1.23. The number of nitrogens with zero attached hydrogens (tertiary/aromatic N) is 1. The Morgan fingerprint density at radius 3 is 1.93 bits per heavy atom. The molecule has 0 unspecified atom stereocenters. The molecule has 1 heterocycles. The van der Waals surface area contributed by atoms with E-state index in [0.717, 1.165) is 38.9 Å². The number of rotatable bonds is 6. The molecule has 8 aromatic rings. The number of alkyl halides is 3. The molecule has 58 heavy (non-hydrogen) atoms. The lowest BCUT2D eigenvalue weighted by atomic mass is 9.82. The molecule has 0 amide bonds. The third-order valence-electron chi connectivity index (χ3n) is 12.0. The third kappa shape index (κ3) is 5.25. The summed E-state index contributed by atoms with van der Waals surface area (Å²) in [6.07, 6.45) is 0. The molecule has 2 aliphatic rings. The summed E-state index contributed by atoms with van der Waals surface area (Å²) >= 11 is 0. The highest BCUT2D eigenvalue weighted by Gasteiger charge is 2.49. The molecule has 0 saturated carbocycles. The van der Waals surface area contributed by atoms with E-state index in [4.69, 9.17) is 8.60 Å². The Hall–Kier alpha value is -6.32. The van der Waals surface area contributed by atoms with Gasteiger partial charge in [-0.1, -0.05) is 125 Å². The molecule has 0 N–H and O–H groups in total. The molecule has 0 radical (unpaired) electrons. The Kier molecular flexibility index (Phi) is 7.67. The van der Waals surface area contributed by atoms with Crippen LogP contribution >= 0.6 is 0 Å².